The fraction of sp³-hybridized carbons (Fsp3) is 0.647. The normalized spacial score (nSPS) is 19.6. The zero-order valence-electron chi connectivity index (χ0n) is 12.4. The number of aliphatic hydroxyl groups is 1. The molecule has 0 aromatic heterocycles. The van der Waals surface area contributed by atoms with E-state index in [0.717, 1.165) is 17.9 Å². The first-order valence-electron chi connectivity index (χ1n) is 7.81. The molecule has 112 valence electrons. The van der Waals surface area contributed by atoms with E-state index in [1.807, 2.05) is 31.2 Å². The lowest BCUT2D eigenvalue weighted by molar-refractivity contribution is 0.121. The van der Waals surface area contributed by atoms with Crippen molar-refractivity contribution in [3.8, 4) is 5.75 Å². The number of rotatable bonds is 6. The van der Waals surface area contributed by atoms with Gasteiger partial charge in [-0.25, -0.2) is 0 Å². The number of aliphatic hydroxyl groups excluding tert-OH is 1. The van der Waals surface area contributed by atoms with Gasteiger partial charge in [-0.2, -0.15) is 0 Å². The van der Waals surface area contributed by atoms with E-state index in [4.69, 9.17) is 10.5 Å². The van der Waals surface area contributed by atoms with Crippen LogP contribution in [0.2, 0.25) is 0 Å². The van der Waals surface area contributed by atoms with E-state index in [-0.39, 0.29) is 5.92 Å². The third-order valence-corrected chi connectivity index (χ3v) is 4.32. The summed E-state index contributed by atoms with van der Waals surface area (Å²) in [7, 11) is 0. The van der Waals surface area contributed by atoms with Crippen molar-refractivity contribution < 1.29 is 9.84 Å². The van der Waals surface area contributed by atoms with Crippen molar-refractivity contribution in [3.63, 3.8) is 0 Å². The average Bonchev–Trinajstić information content (AvgIpc) is 2.52. The Hall–Kier alpha value is -1.06. The van der Waals surface area contributed by atoms with Crippen LogP contribution < -0.4 is 10.5 Å². The molecule has 3 heteroatoms. The van der Waals surface area contributed by atoms with Crippen molar-refractivity contribution >= 4 is 0 Å². The van der Waals surface area contributed by atoms with Crippen LogP contribution in [0, 0.1) is 11.8 Å². The van der Waals surface area contributed by atoms with Gasteiger partial charge in [-0.15, -0.1) is 0 Å². The molecule has 0 bridgehead atoms. The molecule has 0 heterocycles. The highest BCUT2D eigenvalue weighted by Crippen LogP contribution is 2.27. The SMILES string of the molecule is C[C@H](CN)[C@@H](O)c1cccc(OCC2CCCCC2)c1. The van der Waals surface area contributed by atoms with Crippen LogP contribution in [-0.2, 0) is 0 Å². The van der Waals surface area contributed by atoms with Gasteiger partial charge in [0.05, 0.1) is 12.7 Å². The smallest absolute Gasteiger partial charge is 0.119 e. The Morgan fingerprint density at radius 3 is 2.75 bits per heavy atom. The van der Waals surface area contributed by atoms with Crippen LogP contribution in [0.25, 0.3) is 0 Å². The summed E-state index contributed by atoms with van der Waals surface area (Å²) in [6, 6.07) is 7.79. The van der Waals surface area contributed by atoms with E-state index in [1.165, 1.54) is 32.1 Å². The average molecular weight is 277 g/mol. The first-order valence-corrected chi connectivity index (χ1v) is 7.81. The Morgan fingerprint density at radius 2 is 2.05 bits per heavy atom. The van der Waals surface area contributed by atoms with Crippen molar-refractivity contribution in [2.24, 2.45) is 17.6 Å². The molecule has 2 rings (SSSR count). The predicted octanol–water partition coefficient (Wildman–Crippen LogP) is 3.27. The topological polar surface area (TPSA) is 55.5 Å². The summed E-state index contributed by atoms with van der Waals surface area (Å²) < 4.78 is 5.91. The highest BCUT2D eigenvalue weighted by molar-refractivity contribution is 5.30. The maximum atomic E-state index is 10.2. The molecule has 0 amide bonds. The third-order valence-electron chi connectivity index (χ3n) is 4.32. The van der Waals surface area contributed by atoms with Crippen LogP contribution in [0.15, 0.2) is 24.3 Å². The van der Waals surface area contributed by atoms with Crippen LogP contribution in [0.5, 0.6) is 5.75 Å². The van der Waals surface area contributed by atoms with Crippen LogP contribution in [0.4, 0.5) is 0 Å². The van der Waals surface area contributed by atoms with E-state index in [1.54, 1.807) is 0 Å². The van der Waals surface area contributed by atoms with Gasteiger partial charge in [-0.05, 0) is 48.9 Å². The summed E-state index contributed by atoms with van der Waals surface area (Å²) in [4.78, 5) is 0. The van der Waals surface area contributed by atoms with Crippen molar-refractivity contribution in [2.45, 2.75) is 45.1 Å². The summed E-state index contributed by atoms with van der Waals surface area (Å²) in [5, 5.41) is 10.2. The van der Waals surface area contributed by atoms with Crippen molar-refractivity contribution in [2.75, 3.05) is 13.2 Å². The maximum absolute atomic E-state index is 10.2. The molecule has 0 spiro atoms. The van der Waals surface area contributed by atoms with E-state index < -0.39 is 6.10 Å². The minimum Gasteiger partial charge on any atom is -0.493 e. The fourth-order valence-electron chi connectivity index (χ4n) is 2.81. The molecule has 1 aliphatic carbocycles. The summed E-state index contributed by atoms with van der Waals surface area (Å²) in [6.07, 6.45) is 6.09. The number of benzene rings is 1. The molecule has 1 aromatic carbocycles. The molecule has 0 aliphatic heterocycles. The number of ether oxygens (including phenoxy) is 1. The van der Waals surface area contributed by atoms with Crippen LogP contribution >= 0.6 is 0 Å². The lowest BCUT2D eigenvalue weighted by Gasteiger charge is -2.22. The van der Waals surface area contributed by atoms with E-state index in [0.29, 0.717) is 12.5 Å². The zero-order chi connectivity index (χ0) is 14.4. The molecule has 1 aromatic rings. The summed E-state index contributed by atoms with van der Waals surface area (Å²) in [5.41, 5.74) is 6.51. The highest BCUT2D eigenvalue weighted by Gasteiger charge is 2.16. The highest BCUT2D eigenvalue weighted by atomic mass is 16.5. The molecule has 0 unspecified atom stereocenters. The van der Waals surface area contributed by atoms with Gasteiger partial charge in [0.15, 0.2) is 0 Å². The summed E-state index contributed by atoms with van der Waals surface area (Å²) in [5.74, 6) is 1.61. The molecule has 0 saturated heterocycles. The number of hydrogen-bond donors (Lipinski definition) is 2. The second-order valence-corrected chi connectivity index (χ2v) is 6.05. The first-order chi connectivity index (χ1) is 9.70. The summed E-state index contributed by atoms with van der Waals surface area (Å²) in [6.45, 7) is 3.24. The Labute approximate surface area is 122 Å². The van der Waals surface area contributed by atoms with Crippen molar-refractivity contribution in [3.05, 3.63) is 29.8 Å². The first kappa shape index (κ1) is 15.3. The second-order valence-electron chi connectivity index (χ2n) is 6.05. The minimum absolute atomic E-state index is 0.0589. The Balaban J connectivity index is 1.91. The van der Waals surface area contributed by atoms with E-state index in [2.05, 4.69) is 0 Å². The molecule has 2 atom stereocenters. The van der Waals surface area contributed by atoms with Gasteiger partial charge in [0.1, 0.15) is 5.75 Å². The zero-order valence-corrected chi connectivity index (χ0v) is 12.4. The van der Waals surface area contributed by atoms with Gasteiger partial charge >= 0.3 is 0 Å². The Kier molecular flexibility index (Phi) is 5.86. The fourth-order valence-corrected chi connectivity index (χ4v) is 2.81. The number of nitrogens with two attached hydrogens (primary N) is 1. The Bertz CT molecular complexity index is 402. The van der Waals surface area contributed by atoms with Gasteiger partial charge in [-0.3, -0.25) is 0 Å². The van der Waals surface area contributed by atoms with Gasteiger partial charge in [0.2, 0.25) is 0 Å². The molecule has 1 saturated carbocycles. The molecule has 3 N–H and O–H groups in total. The Morgan fingerprint density at radius 1 is 1.30 bits per heavy atom. The van der Waals surface area contributed by atoms with Gasteiger partial charge in [-0.1, -0.05) is 38.3 Å². The standard InChI is InChI=1S/C17H27NO2/c1-13(11-18)17(19)15-8-5-9-16(10-15)20-12-14-6-3-2-4-7-14/h5,8-10,13-14,17,19H,2-4,6-7,11-12,18H2,1H3/t13-,17-/m1/s1. The van der Waals surface area contributed by atoms with Gasteiger partial charge < -0.3 is 15.6 Å². The van der Waals surface area contributed by atoms with Gasteiger partial charge in [0, 0.05) is 0 Å². The molecule has 3 nitrogen and oxygen atoms in total. The molecule has 20 heavy (non-hydrogen) atoms. The van der Waals surface area contributed by atoms with Gasteiger partial charge in [0.25, 0.3) is 0 Å². The quantitative estimate of drug-likeness (QED) is 0.839. The van der Waals surface area contributed by atoms with Crippen LogP contribution in [-0.4, -0.2) is 18.3 Å². The third kappa shape index (κ3) is 4.22. The molecular weight excluding hydrogens is 250 g/mol. The van der Waals surface area contributed by atoms with Crippen molar-refractivity contribution in [1.82, 2.24) is 0 Å². The monoisotopic (exact) mass is 277 g/mol. The van der Waals surface area contributed by atoms with Crippen LogP contribution in [0.3, 0.4) is 0 Å². The largest absolute Gasteiger partial charge is 0.493 e. The maximum Gasteiger partial charge on any atom is 0.119 e. The summed E-state index contributed by atoms with van der Waals surface area (Å²) >= 11 is 0. The second kappa shape index (κ2) is 7.65. The molecule has 0 radical (unpaired) electrons. The van der Waals surface area contributed by atoms with E-state index in [9.17, 15) is 5.11 Å². The molecular formula is C17H27NO2. The van der Waals surface area contributed by atoms with Crippen molar-refractivity contribution in [1.29, 1.82) is 0 Å². The lowest BCUT2D eigenvalue weighted by atomic mass is 9.90. The van der Waals surface area contributed by atoms with E-state index >= 15 is 0 Å². The molecule has 1 fully saturated rings. The lowest BCUT2D eigenvalue weighted by Crippen LogP contribution is -2.19. The molecule has 1 aliphatic rings. The number of hydrogen-bond acceptors (Lipinski definition) is 3. The van der Waals surface area contributed by atoms with Crippen LogP contribution in [0.1, 0.15) is 50.7 Å². The minimum atomic E-state index is -0.516. The predicted molar refractivity (Wildman–Crippen MR) is 81.7 cm³/mol.